The van der Waals surface area contributed by atoms with Gasteiger partial charge in [0.05, 0.1) is 5.71 Å². The monoisotopic (exact) mass is 464 g/mol. The molecule has 2 fully saturated rings. The van der Waals surface area contributed by atoms with Gasteiger partial charge in [0.1, 0.15) is 0 Å². The summed E-state index contributed by atoms with van der Waals surface area (Å²) in [7, 11) is 2.87. The summed E-state index contributed by atoms with van der Waals surface area (Å²) in [5, 5.41) is 4.40. The molecule has 0 aromatic heterocycles. The lowest BCUT2D eigenvalue weighted by Gasteiger charge is -2.35. The first-order valence-corrected chi connectivity index (χ1v) is 13.7. The van der Waals surface area contributed by atoms with Gasteiger partial charge in [-0.25, -0.2) is 0 Å². The summed E-state index contributed by atoms with van der Waals surface area (Å²) in [4.78, 5) is 5.58. The Morgan fingerprint density at radius 3 is 1.91 bits per heavy atom. The van der Waals surface area contributed by atoms with Gasteiger partial charge in [-0.15, -0.1) is 0 Å². The molecule has 0 aromatic rings. The SMILES string of the molecule is C/C=C\C.C=CC(=C)C1CC(C2CCCC(C3CCN(P)CC3)CCC2)=NO1.CC.CC. The third-order valence-corrected chi connectivity index (χ3v) is 7.18. The van der Waals surface area contributed by atoms with E-state index in [0.29, 0.717) is 5.92 Å². The van der Waals surface area contributed by atoms with E-state index in [1.54, 1.807) is 6.08 Å². The summed E-state index contributed by atoms with van der Waals surface area (Å²) >= 11 is 0. The fourth-order valence-corrected chi connectivity index (χ4v) is 5.00. The lowest BCUT2D eigenvalue weighted by atomic mass is 9.75. The summed E-state index contributed by atoms with van der Waals surface area (Å²) < 4.78 is 2.40. The summed E-state index contributed by atoms with van der Waals surface area (Å²) in [5.41, 5.74) is 2.23. The number of hydrogen-bond donors (Lipinski definition) is 0. The lowest BCUT2D eigenvalue weighted by Crippen LogP contribution is -2.31. The molecule has 1 saturated heterocycles. The molecule has 4 heteroatoms. The Labute approximate surface area is 203 Å². The quantitative estimate of drug-likeness (QED) is 0.236. The van der Waals surface area contributed by atoms with Crippen LogP contribution in [0.25, 0.3) is 0 Å². The molecule has 3 aliphatic rings. The van der Waals surface area contributed by atoms with Crippen LogP contribution in [0, 0.1) is 17.8 Å². The Morgan fingerprint density at radius 1 is 0.938 bits per heavy atom. The van der Waals surface area contributed by atoms with E-state index in [1.807, 2.05) is 53.7 Å². The van der Waals surface area contributed by atoms with Gasteiger partial charge in [0.2, 0.25) is 0 Å². The van der Waals surface area contributed by atoms with Crippen molar-refractivity contribution >= 4 is 15.1 Å². The van der Waals surface area contributed by atoms with E-state index in [4.69, 9.17) is 4.84 Å². The van der Waals surface area contributed by atoms with Crippen molar-refractivity contribution in [2.45, 2.75) is 105 Å². The van der Waals surface area contributed by atoms with Crippen LogP contribution in [0.5, 0.6) is 0 Å². The van der Waals surface area contributed by atoms with Crippen LogP contribution >= 0.6 is 9.39 Å². The Hall–Kier alpha value is -0.920. The van der Waals surface area contributed by atoms with Crippen LogP contribution in [-0.2, 0) is 4.84 Å². The Bertz CT molecular complexity index is 536. The maximum atomic E-state index is 5.58. The van der Waals surface area contributed by atoms with Crippen LogP contribution in [0.2, 0.25) is 0 Å². The van der Waals surface area contributed by atoms with E-state index in [1.165, 1.54) is 70.2 Å². The molecular weight excluding hydrogens is 411 g/mol. The van der Waals surface area contributed by atoms with Crippen LogP contribution in [0.3, 0.4) is 0 Å². The van der Waals surface area contributed by atoms with Crippen molar-refractivity contribution in [2.24, 2.45) is 22.9 Å². The minimum Gasteiger partial charge on any atom is -0.387 e. The van der Waals surface area contributed by atoms with E-state index in [2.05, 4.69) is 32.4 Å². The minimum absolute atomic E-state index is 0.0350. The van der Waals surface area contributed by atoms with Crippen LogP contribution in [0.15, 0.2) is 42.1 Å². The molecule has 32 heavy (non-hydrogen) atoms. The average molecular weight is 465 g/mol. The molecule has 2 unspecified atom stereocenters. The first kappa shape index (κ1) is 31.1. The van der Waals surface area contributed by atoms with Crippen LogP contribution in [0.4, 0.5) is 0 Å². The second-order valence-corrected chi connectivity index (χ2v) is 9.25. The molecular formula is C28H53N2OP. The number of nitrogens with zero attached hydrogens (tertiary/aromatic N) is 2. The standard InChI is InChI=1S/C20H33N2OP.C4H8.2C2H6/c1-3-15(2)20-14-19(21-23-20)18-8-4-6-16(7-5-9-18)17-10-12-22(24)13-11-17;1-3-4-2;2*1-2/h3,16-18,20H,1-2,4-14,24H2;3-4H,1-2H3;2*1-2H3/b;4-3-;;. The highest BCUT2D eigenvalue weighted by molar-refractivity contribution is 7.13. The number of piperidine rings is 1. The first-order chi connectivity index (χ1) is 15.6. The summed E-state index contributed by atoms with van der Waals surface area (Å²) in [6, 6.07) is 0. The molecule has 0 N–H and O–H groups in total. The molecule has 0 spiro atoms. The maximum absolute atomic E-state index is 5.58. The maximum Gasteiger partial charge on any atom is 0.157 e. The Morgan fingerprint density at radius 2 is 1.44 bits per heavy atom. The fraction of sp³-hybridized carbons (Fsp3) is 0.750. The first-order valence-electron chi connectivity index (χ1n) is 13.2. The normalized spacial score (nSPS) is 26.5. The van der Waals surface area contributed by atoms with Crippen molar-refractivity contribution in [2.75, 3.05) is 13.1 Å². The predicted molar refractivity (Wildman–Crippen MR) is 148 cm³/mol. The van der Waals surface area contributed by atoms with E-state index in [0.717, 1.165) is 23.8 Å². The van der Waals surface area contributed by atoms with Gasteiger partial charge in [-0.05, 0) is 56.9 Å². The molecule has 3 rings (SSSR count). The number of allylic oxidation sites excluding steroid dienone is 2. The molecule has 186 valence electrons. The summed E-state index contributed by atoms with van der Waals surface area (Å²) in [5.74, 6) is 2.55. The minimum atomic E-state index is 0.0350. The molecule has 2 atom stereocenters. The zero-order valence-electron chi connectivity index (χ0n) is 22.1. The molecule has 0 radical (unpaired) electrons. The Kier molecular flexibility index (Phi) is 19.0. The van der Waals surface area contributed by atoms with E-state index < -0.39 is 0 Å². The van der Waals surface area contributed by atoms with Gasteiger partial charge in [0, 0.05) is 25.4 Å². The fourth-order valence-electron chi connectivity index (χ4n) is 4.70. The number of oxime groups is 1. The van der Waals surface area contributed by atoms with Gasteiger partial charge in [0.25, 0.3) is 0 Å². The lowest BCUT2D eigenvalue weighted by molar-refractivity contribution is 0.114. The zero-order chi connectivity index (χ0) is 24.4. The topological polar surface area (TPSA) is 24.8 Å². The van der Waals surface area contributed by atoms with Gasteiger partial charge in [-0.2, -0.15) is 0 Å². The van der Waals surface area contributed by atoms with Gasteiger partial charge in [0.15, 0.2) is 6.10 Å². The second-order valence-electron chi connectivity index (χ2n) is 8.52. The van der Waals surface area contributed by atoms with E-state index in [-0.39, 0.29) is 6.10 Å². The van der Waals surface area contributed by atoms with Crippen molar-refractivity contribution < 1.29 is 4.84 Å². The summed E-state index contributed by atoms with van der Waals surface area (Å²) in [6.45, 7) is 22.3. The van der Waals surface area contributed by atoms with Gasteiger partial charge >= 0.3 is 0 Å². The highest BCUT2D eigenvalue weighted by Crippen LogP contribution is 2.37. The van der Waals surface area contributed by atoms with Crippen LogP contribution in [0.1, 0.15) is 99.3 Å². The molecule has 2 heterocycles. The molecule has 3 nitrogen and oxygen atoms in total. The van der Waals surface area contributed by atoms with Crippen molar-refractivity contribution in [3.63, 3.8) is 0 Å². The zero-order valence-corrected chi connectivity index (χ0v) is 23.3. The molecule has 1 aliphatic carbocycles. The smallest absolute Gasteiger partial charge is 0.157 e. The Balaban J connectivity index is 0.00000106. The van der Waals surface area contributed by atoms with Crippen LogP contribution < -0.4 is 0 Å². The largest absolute Gasteiger partial charge is 0.387 e. The third-order valence-electron chi connectivity index (χ3n) is 6.67. The van der Waals surface area contributed by atoms with Crippen molar-refractivity contribution in [1.29, 1.82) is 0 Å². The number of rotatable bonds is 4. The molecule has 0 aromatic carbocycles. The van der Waals surface area contributed by atoms with E-state index >= 15 is 0 Å². The average Bonchev–Trinajstić information content (AvgIpc) is 3.32. The van der Waals surface area contributed by atoms with E-state index in [9.17, 15) is 0 Å². The highest BCUT2D eigenvalue weighted by atomic mass is 31.0. The van der Waals surface area contributed by atoms with Crippen molar-refractivity contribution in [3.8, 4) is 0 Å². The van der Waals surface area contributed by atoms with Crippen molar-refractivity contribution in [3.05, 3.63) is 37.0 Å². The second kappa shape index (κ2) is 19.5. The molecule has 0 amide bonds. The molecule has 1 saturated carbocycles. The third kappa shape index (κ3) is 11.3. The highest BCUT2D eigenvalue weighted by Gasteiger charge is 2.31. The summed E-state index contributed by atoms with van der Waals surface area (Å²) in [6.07, 6.45) is 17.6. The molecule has 0 bridgehead atoms. The van der Waals surface area contributed by atoms with Crippen molar-refractivity contribution in [1.82, 2.24) is 4.67 Å². The predicted octanol–water partition coefficient (Wildman–Crippen LogP) is 8.60. The van der Waals surface area contributed by atoms with Gasteiger partial charge in [-0.1, -0.05) is 99.3 Å². The molecule has 2 aliphatic heterocycles. The van der Waals surface area contributed by atoms with Crippen LogP contribution in [-0.4, -0.2) is 29.6 Å². The van der Waals surface area contributed by atoms with Gasteiger partial charge < -0.3 is 4.84 Å². The van der Waals surface area contributed by atoms with Gasteiger partial charge in [-0.3, -0.25) is 4.67 Å². The number of hydrogen-bond acceptors (Lipinski definition) is 3.